The van der Waals surface area contributed by atoms with E-state index in [0.29, 0.717) is 19.0 Å². The number of aromatic nitrogens is 2. The molecule has 1 aromatic rings. The molecule has 0 aromatic carbocycles. The maximum Gasteiger partial charge on any atom is 0.316 e. The monoisotopic (exact) mass is 276 g/mol. The van der Waals surface area contributed by atoms with Gasteiger partial charge in [0.1, 0.15) is 11.7 Å². The summed E-state index contributed by atoms with van der Waals surface area (Å²) in [6, 6.07) is 0. The minimum Gasteiger partial charge on any atom is -0.465 e. The molecule has 1 atom stereocenters. The van der Waals surface area contributed by atoms with Crippen molar-refractivity contribution in [2.45, 2.75) is 57.9 Å². The number of carbonyl (C=O) groups excluding carboxylic acids is 1. The molecule has 2 aliphatic rings. The van der Waals surface area contributed by atoms with Gasteiger partial charge < -0.3 is 4.74 Å². The van der Waals surface area contributed by atoms with Crippen LogP contribution in [0.2, 0.25) is 0 Å². The summed E-state index contributed by atoms with van der Waals surface area (Å²) in [6.07, 6.45) is 5.37. The number of fused-ring (bicyclic) bond motifs is 2. The number of ether oxygens (including phenoxy) is 1. The van der Waals surface area contributed by atoms with E-state index >= 15 is 0 Å². The van der Waals surface area contributed by atoms with E-state index in [-0.39, 0.29) is 17.4 Å². The van der Waals surface area contributed by atoms with Gasteiger partial charge in [0.05, 0.1) is 12.3 Å². The molecule has 1 aliphatic carbocycles. The highest BCUT2D eigenvalue weighted by atomic mass is 16.5. The van der Waals surface area contributed by atoms with Gasteiger partial charge in [-0.25, -0.2) is 4.98 Å². The van der Waals surface area contributed by atoms with Crippen molar-refractivity contribution in [3.05, 3.63) is 27.4 Å². The van der Waals surface area contributed by atoms with Crippen molar-refractivity contribution in [1.29, 1.82) is 0 Å². The van der Waals surface area contributed by atoms with E-state index in [1.54, 1.807) is 11.5 Å². The van der Waals surface area contributed by atoms with Gasteiger partial charge in [0.2, 0.25) is 0 Å². The molecule has 0 amide bonds. The zero-order valence-corrected chi connectivity index (χ0v) is 11.9. The molecule has 0 radical (unpaired) electrons. The van der Waals surface area contributed by atoms with E-state index < -0.39 is 0 Å². The summed E-state index contributed by atoms with van der Waals surface area (Å²) in [5.74, 6) is 0.00702. The number of aryl methyl sites for hydroxylation is 1. The third-order valence-corrected chi connectivity index (χ3v) is 4.23. The minimum absolute atomic E-state index is 0.0682. The van der Waals surface area contributed by atoms with Crippen LogP contribution in [0, 0.1) is 0 Å². The van der Waals surface area contributed by atoms with E-state index in [9.17, 15) is 9.59 Å². The molecule has 2 heterocycles. The quantitative estimate of drug-likeness (QED) is 0.769. The van der Waals surface area contributed by atoms with Gasteiger partial charge in [-0.05, 0) is 45.4 Å². The Bertz CT molecular complexity index is 592. The lowest BCUT2D eigenvalue weighted by atomic mass is 9.94. The first-order chi connectivity index (χ1) is 9.72. The molecule has 0 unspecified atom stereocenters. The predicted molar refractivity (Wildman–Crippen MR) is 73.7 cm³/mol. The lowest BCUT2D eigenvalue weighted by Crippen LogP contribution is -2.37. The second-order valence-electron chi connectivity index (χ2n) is 5.51. The Kier molecular flexibility index (Phi) is 3.59. The van der Waals surface area contributed by atoms with Crippen LogP contribution in [0.25, 0.3) is 0 Å². The van der Waals surface area contributed by atoms with Gasteiger partial charge >= 0.3 is 5.97 Å². The first kappa shape index (κ1) is 13.3. The fraction of sp³-hybridized carbons (Fsp3) is 0.667. The van der Waals surface area contributed by atoms with Gasteiger partial charge in [0.15, 0.2) is 0 Å². The van der Waals surface area contributed by atoms with Gasteiger partial charge in [-0.2, -0.15) is 0 Å². The molecule has 1 aromatic heterocycles. The summed E-state index contributed by atoms with van der Waals surface area (Å²) in [5.41, 5.74) is 1.84. The molecule has 0 saturated heterocycles. The molecule has 20 heavy (non-hydrogen) atoms. The van der Waals surface area contributed by atoms with Crippen molar-refractivity contribution >= 4 is 5.97 Å². The summed E-state index contributed by atoms with van der Waals surface area (Å²) in [4.78, 5) is 29.3. The summed E-state index contributed by atoms with van der Waals surface area (Å²) in [7, 11) is 0. The largest absolute Gasteiger partial charge is 0.465 e. The predicted octanol–water partition coefficient (Wildman–Crippen LogP) is 1.56. The smallest absolute Gasteiger partial charge is 0.316 e. The zero-order chi connectivity index (χ0) is 14.1. The third kappa shape index (κ3) is 2.15. The van der Waals surface area contributed by atoms with Gasteiger partial charge in [-0.1, -0.05) is 0 Å². The number of nitrogens with zero attached hydrogens (tertiary/aromatic N) is 2. The zero-order valence-electron chi connectivity index (χ0n) is 11.9. The SMILES string of the molecule is CCOC(=O)[C@@H]1CCCn2c1nc1c(c2=O)CCCC1. The van der Waals surface area contributed by atoms with Crippen LogP contribution in [0.5, 0.6) is 0 Å². The number of hydrogen-bond donors (Lipinski definition) is 0. The normalized spacial score (nSPS) is 20.9. The second kappa shape index (κ2) is 5.38. The Morgan fingerprint density at radius 3 is 2.95 bits per heavy atom. The lowest BCUT2D eigenvalue weighted by molar-refractivity contribution is -0.145. The molecule has 0 bridgehead atoms. The Hall–Kier alpha value is -1.65. The van der Waals surface area contributed by atoms with E-state index in [1.165, 1.54) is 0 Å². The van der Waals surface area contributed by atoms with Crippen LogP contribution in [0.1, 0.15) is 55.6 Å². The van der Waals surface area contributed by atoms with Crippen LogP contribution in [0.3, 0.4) is 0 Å². The van der Waals surface area contributed by atoms with Gasteiger partial charge in [0.25, 0.3) is 5.56 Å². The van der Waals surface area contributed by atoms with Gasteiger partial charge in [-0.3, -0.25) is 14.2 Å². The number of carbonyl (C=O) groups is 1. The Morgan fingerprint density at radius 1 is 1.35 bits per heavy atom. The standard InChI is InChI=1S/C15H20N2O3/c1-2-20-15(19)11-7-5-9-17-13(11)16-12-8-4-3-6-10(12)14(17)18/h11H,2-9H2,1H3/t11-/m1/s1. The lowest BCUT2D eigenvalue weighted by Gasteiger charge is -2.27. The fourth-order valence-electron chi connectivity index (χ4n) is 3.24. The van der Waals surface area contributed by atoms with Crippen molar-refractivity contribution in [2.24, 2.45) is 0 Å². The maximum atomic E-state index is 12.6. The summed E-state index contributed by atoms with van der Waals surface area (Å²) >= 11 is 0. The highest BCUT2D eigenvalue weighted by molar-refractivity contribution is 5.77. The molecule has 0 saturated carbocycles. The Morgan fingerprint density at radius 2 is 2.15 bits per heavy atom. The van der Waals surface area contributed by atoms with Crippen molar-refractivity contribution < 1.29 is 9.53 Å². The fourth-order valence-corrected chi connectivity index (χ4v) is 3.24. The Labute approximate surface area is 118 Å². The second-order valence-corrected chi connectivity index (χ2v) is 5.51. The summed E-state index contributed by atoms with van der Waals surface area (Å²) in [5, 5.41) is 0. The molecular formula is C15H20N2O3. The molecule has 0 fully saturated rings. The Balaban J connectivity index is 2.07. The third-order valence-electron chi connectivity index (χ3n) is 4.23. The van der Waals surface area contributed by atoms with Crippen LogP contribution in [-0.2, 0) is 28.9 Å². The van der Waals surface area contributed by atoms with Crippen LogP contribution in [0.4, 0.5) is 0 Å². The molecule has 0 N–H and O–H groups in total. The average molecular weight is 276 g/mol. The minimum atomic E-state index is -0.372. The molecule has 1 aliphatic heterocycles. The highest BCUT2D eigenvalue weighted by Crippen LogP contribution is 2.28. The van der Waals surface area contributed by atoms with E-state index in [0.717, 1.165) is 49.8 Å². The van der Waals surface area contributed by atoms with Crippen molar-refractivity contribution in [2.75, 3.05) is 6.61 Å². The van der Waals surface area contributed by atoms with Crippen LogP contribution in [0.15, 0.2) is 4.79 Å². The summed E-state index contributed by atoms with van der Waals surface area (Å²) in [6.45, 7) is 2.84. The number of rotatable bonds is 2. The number of esters is 1. The first-order valence-electron chi connectivity index (χ1n) is 7.51. The van der Waals surface area contributed by atoms with E-state index in [4.69, 9.17) is 4.74 Å². The van der Waals surface area contributed by atoms with Crippen LogP contribution < -0.4 is 5.56 Å². The van der Waals surface area contributed by atoms with E-state index in [2.05, 4.69) is 4.98 Å². The van der Waals surface area contributed by atoms with Crippen LogP contribution >= 0.6 is 0 Å². The molecule has 5 nitrogen and oxygen atoms in total. The maximum absolute atomic E-state index is 12.6. The molecule has 108 valence electrons. The van der Waals surface area contributed by atoms with E-state index in [1.807, 2.05) is 0 Å². The van der Waals surface area contributed by atoms with Crippen LogP contribution in [-0.4, -0.2) is 22.1 Å². The van der Waals surface area contributed by atoms with Crippen molar-refractivity contribution in [3.63, 3.8) is 0 Å². The molecule has 0 spiro atoms. The van der Waals surface area contributed by atoms with Crippen molar-refractivity contribution in [3.8, 4) is 0 Å². The topological polar surface area (TPSA) is 61.2 Å². The first-order valence-corrected chi connectivity index (χ1v) is 7.51. The van der Waals surface area contributed by atoms with Gasteiger partial charge in [-0.15, -0.1) is 0 Å². The highest BCUT2D eigenvalue weighted by Gasteiger charge is 2.32. The number of hydrogen-bond acceptors (Lipinski definition) is 4. The molecule has 5 heteroatoms. The average Bonchev–Trinajstić information content (AvgIpc) is 2.47. The molecular weight excluding hydrogens is 256 g/mol. The molecule has 3 rings (SSSR count). The summed E-state index contributed by atoms with van der Waals surface area (Å²) < 4.78 is 6.83. The van der Waals surface area contributed by atoms with Gasteiger partial charge in [0, 0.05) is 12.1 Å². The van der Waals surface area contributed by atoms with Crippen molar-refractivity contribution in [1.82, 2.24) is 9.55 Å².